The first-order chi connectivity index (χ1) is 16.8. The van der Waals surface area contributed by atoms with E-state index in [4.69, 9.17) is 14.2 Å². The fourth-order valence-electron chi connectivity index (χ4n) is 3.37. The van der Waals surface area contributed by atoms with E-state index in [0.717, 1.165) is 0 Å². The topological polar surface area (TPSA) is 148 Å². The van der Waals surface area contributed by atoms with E-state index in [1.807, 2.05) is 0 Å². The lowest BCUT2D eigenvalue weighted by Gasteiger charge is -2.28. The molecule has 0 saturated heterocycles. The maximum atomic E-state index is 12.5. The number of hydrazone groups is 1. The summed E-state index contributed by atoms with van der Waals surface area (Å²) in [5.74, 6) is -0.400. The number of carbonyl (C=O) groups excluding carboxylic acids is 3. The van der Waals surface area contributed by atoms with Gasteiger partial charge in [0.1, 0.15) is 5.75 Å². The Bertz CT molecular complexity index is 1180. The Kier molecular flexibility index (Phi) is 8.28. The number of nitrogens with one attached hydrogen (secondary N) is 3. The molecule has 1 heterocycles. The lowest BCUT2D eigenvalue weighted by Crippen LogP contribution is -2.45. The lowest BCUT2D eigenvalue weighted by molar-refractivity contribution is -0.139. The standard InChI is InChI=1S/C24H26N4O7/c1-4-34-23(31)21-14(2)26-24(32)27-22(21)16-8-9-18(19(11-16)33-3)35-13-20(30)28-25-12-15-6-5-7-17(29)10-15/h5-12,22,29H,4,13H2,1-3H3,(H,28,30)(H2,26,27,32)/b25-12-/t22-/m1/s1. The van der Waals surface area contributed by atoms with Crippen molar-refractivity contribution >= 4 is 24.1 Å². The molecular weight excluding hydrogens is 456 g/mol. The SMILES string of the molecule is CCOC(=O)C1=C(C)NC(=O)N[C@@H]1c1ccc(OCC(=O)N/N=C\c2cccc(O)c2)c(OC)c1. The number of ether oxygens (including phenoxy) is 3. The molecule has 0 aliphatic carbocycles. The van der Waals surface area contributed by atoms with Crippen molar-refractivity contribution in [3.63, 3.8) is 0 Å². The van der Waals surface area contributed by atoms with Gasteiger partial charge in [-0.15, -0.1) is 0 Å². The average Bonchev–Trinajstić information content (AvgIpc) is 2.82. The molecule has 2 aromatic rings. The van der Waals surface area contributed by atoms with Crippen LogP contribution in [0.1, 0.15) is 31.0 Å². The highest BCUT2D eigenvalue weighted by atomic mass is 16.5. The fourth-order valence-corrected chi connectivity index (χ4v) is 3.37. The second-order valence-corrected chi connectivity index (χ2v) is 7.38. The summed E-state index contributed by atoms with van der Waals surface area (Å²) in [4.78, 5) is 36.6. The van der Waals surface area contributed by atoms with Gasteiger partial charge in [-0.3, -0.25) is 4.79 Å². The molecule has 2 aromatic carbocycles. The fraction of sp³-hybridized carbons (Fsp3) is 0.250. The molecule has 1 aliphatic heterocycles. The van der Waals surface area contributed by atoms with Crippen LogP contribution in [-0.4, -0.2) is 49.6 Å². The van der Waals surface area contributed by atoms with Crippen molar-refractivity contribution in [3.8, 4) is 17.2 Å². The summed E-state index contributed by atoms with van der Waals surface area (Å²) in [6, 6.07) is 10.00. The van der Waals surface area contributed by atoms with Crippen LogP contribution >= 0.6 is 0 Å². The molecule has 0 saturated carbocycles. The second-order valence-electron chi connectivity index (χ2n) is 7.38. The Labute approximate surface area is 201 Å². The summed E-state index contributed by atoms with van der Waals surface area (Å²) < 4.78 is 16.1. The maximum Gasteiger partial charge on any atom is 0.338 e. The predicted molar refractivity (Wildman–Crippen MR) is 126 cm³/mol. The van der Waals surface area contributed by atoms with E-state index in [0.29, 0.717) is 22.6 Å². The molecule has 11 nitrogen and oxygen atoms in total. The van der Waals surface area contributed by atoms with Gasteiger partial charge in [0.05, 0.1) is 31.5 Å². The van der Waals surface area contributed by atoms with Gasteiger partial charge in [0.15, 0.2) is 18.1 Å². The van der Waals surface area contributed by atoms with Crippen molar-refractivity contribution < 1.29 is 33.7 Å². The normalized spacial score (nSPS) is 15.3. The minimum atomic E-state index is -0.763. The summed E-state index contributed by atoms with van der Waals surface area (Å²) in [5.41, 5.74) is 4.16. The molecular formula is C24H26N4O7. The van der Waals surface area contributed by atoms with Crippen LogP contribution in [0.15, 0.2) is 58.8 Å². The van der Waals surface area contributed by atoms with E-state index in [2.05, 4.69) is 21.2 Å². The number of hydrogen-bond acceptors (Lipinski definition) is 8. The molecule has 0 fully saturated rings. The Balaban J connectivity index is 1.69. The number of aromatic hydroxyl groups is 1. The number of rotatable bonds is 9. The van der Waals surface area contributed by atoms with E-state index < -0.39 is 23.9 Å². The number of methoxy groups -OCH3 is 1. The Hall–Kier alpha value is -4.54. The first kappa shape index (κ1) is 25.1. The van der Waals surface area contributed by atoms with Gasteiger partial charge in [-0.1, -0.05) is 18.2 Å². The van der Waals surface area contributed by atoms with Crippen molar-refractivity contribution in [1.82, 2.24) is 16.1 Å². The largest absolute Gasteiger partial charge is 0.508 e. The van der Waals surface area contributed by atoms with Crippen molar-refractivity contribution in [3.05, 3.63) is 64.9 Å². The van der Waals surface area contributed by atoms with E-state index in [1.54, 1.807) is 44.2 Å². The quantitative estimate of drug-likeness (QED) is 0.243. The van der Waals surface area contributed by atoms with E-state index in [-0.39, 0.29) is 30.3 Å². The van der Waals surface area contributed by atoms with Crippen LogP contribution in [0.4, 0.5) is 4.79 Å². The molecule has 0 spiro atoms. The number of carbonyl (C=O) groups is 3. The minimum Gasteiger partial charge on any atom is -0.508 e. The first-order valence-electron chi connectivity index (χ1n) is 10.7. The molecule has 1 aliphatic rings. The predicted octanol–water partition coefficient (Wildman–Crippen LogP) is 2.12. The molecule has 0 bridgehead atoms. The van der Waals surface area contributed by atoms with Crippen LogP contribution in [-0.2, 0) is 14.3 Å². The number of phenols is 1. The average molecular weight is 482 g/mol. The van der Waals surface area contributed by atoms with E-state index in [1.165, 1.54) is 25.5 Å². The zero-order valence-corrected chi connectivity index (χ0v) is 19.5. The van der Waals surface area contributed by atoms with Crippen LogP contribution in [0.25, 0.3) is 0 Å². The minimum absolute atomic E-state index is 0.0863. The Morgan fingerprint density at radius 1 is 1.20 bits per heavy atom. The molecule has 184 valence electrons. The van der Waals surface area contributed by atoms with Gasteiger partial charge in [0, 0.05) is 5.70 Å². The van der Waals surface area contributed by atoms with Crippen molar-refractivity contribution in [2.24, 2.45) is 5.10 Å². The first-order valence-corrected chi connectivity index (χ1v) is 10.7. The van der Waals surface area contributed by atoms with Crippen LogP contribution < -0.4 is 25.5 Å². The molecule has 4 N–H and O–H groups in total. The van der Waals surface area contributed by atoms with Crippen molar-refractivity contribution in [1.29, 1.82) is 0 Å². The summed E-state index contributed by atoms with van der Waals surface area (Å²) >= 11 is 0. The molecule has 1 atom stereocenters. The number of phenolic OH excluding ortho intramolecular Hbond substituents is 1. The Morgan fingerprint density at radius 2 is 2.00 bits per heavy atom. The van der Waals surface area contributed by atoms with Crippen LogP contribution in [0.5, 0.6) is 17.2 Å². The van der Waals surface area contributed by atoms with Crippen molar-refractivity contribution in [2.45, 2.75) is 19.9 Å². The van der Waals surface area contributed by atoms with Crippen LogP contribution in [0, 0.1) is 0 Å². The molecule has 11 heteroatoms. The molecule has 35 heavy (non-hydrogen) atoms. The third-order valence-electron chi connectivity index (χ3n) is 4.92. The third-order valence-corrected chi connectivity index (χ3v) is 4.92. The number of nitrogens with zero attached hydrogens (tertiary/aromatic N) is 1. The lowest BCUT2D eigenvalue weighted by atomic mass is 9.95. The van der Waals surface area contributed by atoms with E-state index >= 15 is 0 Å². The zero-order valence-electron chi connectivity index (χ0n) is 19.5. The third kappa shape index (κ3) is 6.50. The Morgan fingerprint density at radius 3 is 2.71 bits per heavy atom. The summed E-state index contributed by atoms with van der Waals surface area (Å²) in [6.45, 7) is 3.16. The number of amides is 3. The molecule has 3 rings (SSSR count). The number of allylic oxidation sites excluding steroid dienone is 1. The number of esters is 1. The van der Waals surface area contributed by atoms with Crippen molar-refractivity contribution in [2.75, 3.05) is 20.3 Å². The summed E-state index contributed by atoms with van der Waals surface area (Å²) in [5, 5.41) is 18.6. The number of benzene rings is 2. The van der Waals surface area contributed by atoms with Crippen LogP contribution in [0.2, 0.25) is 0 Å². The van der Waals surface area contributed by atoms with Gasteiger partial charge in [0.25, 0.3) is 5.91 Å². The summed E-state index contributed by atoms with van der Waals surface area (Å²) in [6.07, 6.45) is 1.39. The molecule has 0 radical (unpaired) electrons. The highest BCUT2D eigenvalue weighted by Gasteiger charge is 2.32. The smallest absolute Gasteiger partial charge is 0.338 e. The van der Waals surface area contributed by atoms with Gasteiger partial charge in [-0.2, -0.15) is 5.10 Å². The highest BCUT2D eigenvalue weighted by molar-refractivity contribution is 5.95. The molecule has 0 unspecified atom stereocenters. The number of urea groups is 1. The molecule has 0 aromatic heterocycles. The highest BCUT2D eigenvalue weighted by Crippen LogP contribution is 2.34. The molecule has 3 amide bonds. The van der Waals surface area contributed by atoms with Crippen LogP contribution in [0.3, 0.4) is 0 Å². The van der Waals surface area contributed by atoms with Gasteiger partial charge >= 0.3 is 12.0 Å². The zero-order chi connectivity index (χ0) is 25.4. The van der Waals surface area contributed by atoms with Gasteiger partial charge in [-0.25, -0.2) is 15.0 Å². The van der Waals surface area contributed by atoms with Gasteiger partial charge in [0.2, 0.25) is 0 Å². The summed E-state index contributed by atoms with van der Waals surface area (Å²) in [7, 11) is 1.43. The van der Waals surface area contributed by atoms with Gasteiger partial charge < -0.3 is 30.0 Å². The number of hydrogen-bond donors (Lipinski definition) is 4. The van der Waals surface area contributed by atoms with E-state index in [9.17, 15) is 19.5 Å². The van der Waals surface area contributed by atoms with Gasteiger partial charge in [-0.05, 0) is 49.2 Å². The second kappa shape index (κ2) is 11.5. The maximum absolute atomic E-state index is 12.5. The monoisotopic (exact) mass is 482 g/mol.